The summed E-state index contributed by atoms with van der Waals surface area (Å²) >= 11 is 0. The van der Waals surface area contributed by atoms with E-state index in [0.717, 1.165) is 17.1 Å². The van der Waals surface area contributed by atoms with Crippen LogP contribution in [0.3, 0.4) is 0 Å². The lowest BCUT2D eigenvalue weighted by atomic mass is 10.3. The van der Waals surface area contributed by atoms with Crippen LogP contribution in [0, 0.1) is 0 Å². The topological polar surface area (TPSA) is 52.3 Å². The fourth-order valence-electron chi connectivity index (χ4n) is 1.08. The van der Waals surface area contributed by atoms with Crippen LogP contribution in [0.1, 0.15) is 6.42 Å². The Morgan fingerprint density at radius 2 is 2.29 bits per heavy atom. The van der Waals surface area contributed by atoms with Crippen LogP contribution in [0.4, 0.5) is 0 Å². The van der Waals surface area contributed by atoms with Gasteiger partial charge in [-0.3, -0.25) is 4.21 Å². The minimum atomic E-state index is -0.955. The van der Waals surface area contributed by atoms with Crippen molar-refractivity contribution in [3.8, 4) is 5.75 Å². The molecular weight excluding hydrogens is 198 g/mol. The van der Waals surface area contributed by atoms with Gasteiger partial charge in [-0.2, -0.15) is 0 Å². The molecule has 0 aliphatic heterocycles. The Hall–Kier alpha value is -0.870. The molecule has 0 radical (unpaired) electrons. The van der Waals surface area contributed by atoms with Crippen LogP contribution < -0.4 is 10.5 Å². The van der Waals surface area contributed by atoms with E-state index in [-0.39, 0.29) is 0 Å². The maximum Gasteiger partial charge on any atom is 0.120 e. The fourth-order valence-corrected chi connectivity index (χ4v) is 2.22. The molecule has 0 fully saturated rings. The van der Waals surface area contributed by atoms with Crippen molar-refractivity contribution in [2.45, 2.75) is 11.3 Å². The second-order valence-corrected chi connectivity index (χ2v) is 4.44. The zero-order valence-corrected chi connectivity index (χ0v) is 9.05. The highest BCUT2D eigenvalue weighted by Crippen LogP contribution is 2.15. The van der Waals surface area contributed by atoms with Crippen molar-refractivity contribution in [1.29, 1.82) is 0 Å². The fraction of sp³-hybridized carbons (Fsp3) is 0.400. The Bertz CT molecular complexity index is 315. The molecule has 1 aromatic rings. The highest BCUT2D eigenvalue weighted by molar-refractivity contribution is 7.85. The lowest BCUT2D eigenvalue weighted by Crippen LogP contribution is -2.06. The summed E-state index contributed by atoms with van der Waals surface area (Å²) in [7, 11) is 0.644. The molecule has 1 rings (SSSR count). The first kappa shape index (κ1) is 11.2. The smallest absolute Gasteiger partial charge is 0.120 e. The summed E-state index contributed by atoms with van der Waals surface area (Å²) in [4.78, 5) is 0.804. The minimum absolute atomic E-state index is 0.579. The van der Waals surface area contributed by atoms with Gasteiger partial charge >= 0.3 is 0 Å². The normalized spacial score (nSPS) is 12.4. The summed E-state index contributed by atoms with van der Waals surface area (Å²) in [6.07, 6.45) is 0.782. The average molecular weight is 213 g/mol. The van der Waals surface area contributed by atoms with Crippen molar-refractivity contribution in [1.82, 2.24) is 0 Å². The summed E-state index contributed by atoms with van der Waals surface area (Å²) < 4.78 is 16.7. The largest absolute Gasteiger partial charge is 0.497 e. The molecule has 0 aliphatic rings. The third-order valence-electron chi connectivity index (χ3n) is 1.84. The average Bonchev–Trinajstić information content (AvgIpc) is 2.26. The first-order valence-electron chi connectivity index (χ1n) is 4.50. The molecule has 0 spiro atoms. The summed E-state index contributed by atoms with van der Waals surface area (Å²) in [6.45, 7) is 0.579. The third-order valence-corrected chi connectivity index (χ3v) is 3.28. The van der Waals surface area contributed by atoms with Gasteiger partial charge in [-0.05, 0) is 31.2 Å². The van der Waals surface area contributed by atoms with Crippen molar-refractivity contribution in [2.24, 2.45) is 5.73 Å². The number of hydrogen-bond donors (Lipinski definition) is 1. The monoisotopic (exact) mass is 213 g/mol. The third kappa shape index (κ3) is 3.12. The van der Waals surface area contributed by atoms with E-state index in [2.05, 4.69) is 0 Å². The Morgan fingerprint density at radius 3 is 2.93 bits per heavy atom. The predicted octanol–water partition coefficient (Wildman–Crippen LogP) is 1.15. The lowest BCUT2D eigenvalue weighted by molar-refractivity contribution is 0.413. The number of methoxy groups -OCH3 is 1. The maximum absolute atomic E-state index is 11.7. The summed E-state index contributed by atoms with van der Waals surface area (Å²) in [6, 6.07) is 7.32. The van der Waals surface area contributed by atoms with Gasteiger partial charge in [0.15, 0.2) is 0 Å². The summed E-state index contributed by atoms with van der Waals surface area (Å²) in [5.41, 5.74) is 5.35. The van der Waals surface area contributed by atoms with Crippen LogP contribution in [0.2, 0.25) is 0 Å². The number of hydrogen-bond acceptors (Lipinski definition) is 3. The van der Waals surface area contributed by atoms with E-state index in [4.69, 9.17) is 10.5 Å². The standard InChI is InChI=1S/C10H15NO2S/c1-13-9-4-2-5-10(8-9)14(12)7-3-6-11/h2,4-5,8H,3,6-7,11H2,1H3. The molecule has 0 aliphatic carbocycles. The quantitative estimate of drug-likeness (QED) is 0.798. The Kier molecular flexibility index (Phi) is 4.62. The van der Waals surface area contributed by atoms with Crippen LogP contribution in [0.5, 0.6) is 5.75 Å². The van der Waals surface area contributed by atoms with Gasteiger partial charge in [0.1, 0.15) is 5.75 Å². The van der Waals surface area contributed by atoms with Gasteiger partial charge in [0.05, 0.1) is 17.9 Å². The second-order valence-electron chi connectivity index (χ2n) is 2.87. The molecule has 78 valence electrons. The highest BCUT2D eigenvalue weighted by atomic mass is 32.2. The molecule has 14 heavy (non-hydrogen) atoms. The number of rotatable bonds is 5. The number of benzene rings is 1. The summed E-state index contributed by atoms with van der Waals surface area (Å²) in [5.74, 6) is 1.35. The van der Waals surface area contributed by atoms with Gasteiger partial charge in [-0.1, -0.05) is 6.07 Å². The van der Waals surface area contributed by atoms with Gasteiger partial charge in [0, 0.05) is 10.6 Å². The SMILES string of the molecule is COc1cccc(S(=O)CCCN)c1. The molecule has 0 saturated carbocycles. The summed E-state index contributed by atoms with van der Waals surface area (Å²) in [5, 5.41) is 0. The van der Waals surface area contributed by atoms with Crippen molar-refractivity contribution in [3.05, 3.63) is 24.3 Å². The Morgan fingerprint density at radius 1 is 1.50 bits per heavy atom. The van der Waals surface area contributed by atoms with E-state index in [9.17, 15) is 4.21 Å². The Balaban J connectivity index is 2.69. The van der Waals surface area contributed by atoms with E-state index in [1.807, 2.05) is 18.2 Å². The van der Waals surface area contributed by atoms with E-state index in [1.165, 1.54) is 0 Å². The van der Waals surface area contributed by atoms with Crippen LogP contribution >= 0.6 is 0 Å². The molecule has 0 heterocycles. The predicted molar refractivity (Wildman–Crippen MR) is 57.9 cm³/mol. The molecule has 0 bridgehead atoms. The van der Waals surface area contributed by atoms with Crippen LogP contribution in [0.15, 0.2) is 29.2 Å². The van der Waals surface area contributed by atoms with E-state index in [0.29, 0.717) is 12.3 Å². The zero-order chi connectivity index (χ0) is 10.4. The highest BCUT2D eigenvalue weighted by Gasteiger charge is 2.03. The van der Waals surface area contributed by atoms with Gasteiger partial charge < -0.3 is 10.5 Å². The van der Waals surface area contributed by atoms with Crippen molar-refractivity contribution >= 4 is 10.8 Å². The molecule has 4 heteroatoms. The molecule has 0 amide bonds. The van der Waals surface area contributed by atoms with E-state index < -0.39 is 10.8 Å². The number of nitrogens with two attached hydrogens (primary N) is 1. The lowest BCUT2D eigenvalue weighted by Gasteiger charge is -2.03. The van der Waals surface area contributed by atoms with Gasteiger partial charge in [-0.15, -0.1) is 0 Å². The molecule has 1 atom stereocenters. The maximum atomic E-state index is 11.7. The molecular formula is C10H15NO2S. The van der Waals surface area contributed by atoms with Crippen LogP contribution in [-0.2, 0) is 10.8 Å². The first-order chi connectivity index (χ1) is 6.77. The van der Waals surface area contributed by atoms with Crippen LogP contribution in [-0.4, -0.2) is 23.6 Å². The second kappa shape index (κ2) is 5.78. The van der Waals surface area contributed by atoms with Gasteiger partial charge in [0.25, 0.3) is 0 Å². The van der Waals surface area contributed by atoms with Gasteiger partial charge in [0.2, 0.25) is 0 Å². The molecule has 3 nitrogen and oxygen atoms in total. The Labute approximate surface area is 86.7 Å². The minimum Gasteiger partial charge on any atom is -0.497 e. The van der Waals surface area contributed by atoms with E-state index >= 15 is 0 Å². The molecule has 1 aromatic carbocycles. The van der Waals surface area contributed by atoms with E-state index in [1.54, 1.807) is 13.2 Å². The zero-order valence-electron chi connectivity index (χ0n) is 8.23. The molecule has 2 N–H and O–H groups in total. The first-order valence-corrected chi connectivity index (χ1v) is 5.82. The van der Waals surface area contributed by atoms with Crippen molar-refractivity contribution in [3.63, 3.8) is 0 Å². The van der Waals surface area contributed by atoms with Crippen LogP contribution in [0.25, 0.3) is 0 Å². The molecule has 1 unspecified atom stereocenters. The number of ether oxygens (including phenoxy) is 1. The van der Waals surface area contributed by atoms with Gasteiger partial charge in [-0.25, -0.2) is 0 Å². The molecule has 0 aromatic heterocycles. The molecule has 0 saturated heterocycles. The van der Waals surface area contributed by atoms with Crippen molar-refractivity contribution in [2.75, 3.05) is 19.4 Å². The van der Waals surface area contributed by atoms with Crippen molar-refractivity contribution < 1.29 is 8.95 Å².